The average Bonchev–Trinajstić information content (AvgIpc) is 2.55. The van der Waals surface area contributed by atoms with Crippen molar-refractivity contribution >= 4 is 5.82 Å². The highest BCUT2D eigenvalue weighted by Crippen LogP contribution is 2.14. The van der Waals surface area contributed by atoms with Gasteiger partial charge in [0.2, 0.25) is 0 Å². The van der Waals surface area contributed by atoms with Crippen LogP contribution < -0.4 is 5.73 Å². The van der Waals surface area contributed by atoms with Gasteiger partial charge in [0.15, 0.2) is 5.82 Å². The third kappa shape index (κ3) is 2.25. The fourth-order valence-corrected chi connectivity index (χ4v) is 1.65. The Balaban J connectivity index is 2.74. The first-order valence-corrected chi connectivity index (χ1v) is 5.40. The molecule has 0 aliphatic heterocycles. The van der Waals surface area contributed by atoms with Crippen molar-refractivity contribution in [3.8, 4) is 0 Å². The minimum absolute atomic E-state index is 0.582. The molecule has 0 amide bonds. The van der Waals surface area contributed by atoms with E-state index in [1.54, 1.807) is 0 Å². The van der Waals surface area contributed by atoms with Crippen LogP contribution in [0.25, 0.3) is 0 Å². The number of anilines is 1. The molecule has 2 N–H and O–H groups in total. The van der Waals surface area contributed by atoms with Gasteiger partial charge in [-0.15, -0.1) is 5.10 Å². The van der Waals surface area contributed by atoms with Gasteiger partial charge in [-0.1, -0.05) is 38.8 Å². The highest BCUT2D eigenvalue weighted by molar-refractivity contribution is 5.32. The Bertz CT molecular complexity index is 276. The Morgan fingerprint density at radius 1 is 1.29 bits per heavy atom. The van der Waals surface area contributed by atoms with Gasteiger partial charge in [0.1, 0.15) is 0 Å². The molecule has 4 nitrogen and oxygen atoms in total. The quantitative estimate of drug-likeness (QED) is 0.782. The lowest BCUT2D eigenvalue weighted by Crippen LogP contribution is -2.13. The molecular weight excluding hydrogens is 176 g/mol. The normalized spacial score (nSPS) is 11.1. The SMILES string of the molecule is CCc1c(N)nnn1CC(CC)CC. The number of hydrogen-bond donors (Lipinski definition) is 1. The number of nitrogen functional groups attached to an aromatic ring is 1. The van der Waals surface area contributed by atoms with E-state index in [0.29, 0.717) is 11.7 Å². The van der Waals surface area contributed by atoms with Crippen LogP contribution in [-0.4, -0.2) is 15.0 Å². The van der Waals surface area contributed by atoms with E-state index in [9.17, 15) is 0 Å². The van der Waals surface area contributed by atoms with Crippen LogP contribution in [0.1, 0.15) is 39.3 Å². The van der Waals surface area contributed by atoms with Crippen LogP contribution in [0.4, 0.5) is 5.82 Å². The van der Waals surface area contributed by atoms with E-state index in [0.717, 1.165) is 18.7 Å². The van der Waals surface area contributed by atoms with Gasteiger partial charge in [-0.25, -0.2) is 4.68 Å². The van der Waals surface area contributed by atoms with Gasteiger partial charge in [0.05, 0.1) is 5.69 Å². The number of aromatic nitrogens is 3. The predicted molar refractivity (Wildman–Crippen MR) is 57.9 cm³/mol. The van der Waals surface area contributed by atoms with Crippen LogP contribution >= 0.6 is 0 Å². The van der Waals surface area contributed by atoms with Crippen molar-refractivity contribution in [1.82, 2.24) is 15.0 Å². The van der Waals surface area contributed by atoms with Gasteiger partial charge in [0, 0.05) is 6.54 Å². The van der Waals surface area contributed by atoms with Crippen molar-refractivity contribution in [2.75, 3.05) is 5.73 Å². The Kier molecular flexibility index (Phi) is 3.92. The molecule has 0 saturated carbocycles. The summed E-state index contributed by atoms with van der Waals surface area (Å²) in [5.74, 6) is 1.26. The zero-order valence-corrected chi connectivity index (χ0v) is 9.32. The van der Waals surface area contributed by atoms with Crippen molar-refractivity contribution in [3.63, 3.8) is 0 Å². The third-order valence-electron chi connectivity index (χ3n) is 2.79. The molecule has 80 valence electrons. The molecule has 0 saturated heterocycles. The van der Waals surface area contributed by atoms with Gasteiger partial charge in [-0.2, -0.15) is 0 Å². The Labute approximate surface area is 85.5 Å². The average molecular weight is 196 g/mol. The zero-order valence-electron chi connectivity index (χ0n) is 9.32. The number of rotatable bonds is 5. The third-order valence-corrected chi connectivity index (χ3v) is 2.79. The Morgan fingerprint density at radius 2 is 1.93 bits per heavy atom. The Morgan fingerprint density at radius 3 is 2.43 bits per heavy atom. The molecule has 1 rings (SSSR count). The second-order valence-corrected chi connectivity index (χ2v) is 3.64. The van der Waals surface area contributed by atoms with Gasteiger partial charge < -0.3 is 5.73 Å². The van der Waals surface area contributed by atoms with Crippen LogP contribution in [0.2, 0.25) is 0 Å². The Hall–Kier alpha value is -1.06. The maximum absolute atomic E-state index is 5.72. The smallest absolute Gasteiger partial charge is 0.169 e. The van der Waals surface area contributed by atoms with Crippen molar-refractivity contribution in [2.24, 2.45) is 5.92 Å². The standard InChI is InChI=1S/C10H20N4/c1-4-8(5-2)7-14-9(6-3)10(11)12-13-14/h8H,4-7,11H2,1-3H3. The topological polar surface area (TPSA) is 56.7 Å². The van der Waals surface area contributed by atoms with E-state index in [1.165, 1.54) is 12.8 Å². The van der Waals surface area contributed by atoms with E-state index < -0.39 is 0 Å². The molecule has 0 fully saturated rings. The molecule has 0 bridgehead atoms. The van der Waals surface area contributed by atoms with E-state index in [4.69, 9.17) is 5.73 Å². The van der Waals surface area contributed by atoms with E-state index in [2.05, 4.69) is 31.1 Å². The second kappa shape index (κ2) is 4.98. The molecule has 0 aliphatic carbocycles. The van der Waals surface area contributed by atoms with E-state index in [1.807, 2.05) is 4.68 Å². The molecule has 4 heteroatoms. The number of hydrogen-bond acceptors (Lipinski definition) is 3. The first kappa shape index (κ1) is 11.0. The number of nitrogens with two attached hydrogens (primary N) is 1. The molecule has 0 spiro atoms. The lowest BCUT2D eigenvalue weighted by Gasteiger charge is -2.13. The fraction of sp³-hybridized carbons (Fsp3) is 0.800. The van der Waals surface area contributed by atoms with Crippen molar-refractivity contribution in [2.45, 2.75) is 46.6 Å². The lowest BCUT2D eigenvalue weighted by molar-refractivity contribution is 0.383. The first-order chi connectivity index (χ1) is 6.72. The molecule has 0 aliphatic rings. The van der Waals surface area contributed by atoms with Crippen molar-refractivity contribution in [3.05, 3.63) is 5.69 Å². The zero-order chi connectivity index (χ0) is 10.6. The summed E-state index contributed by atoms with van der Waals surface area (Å²) >= 11 is 0. The highest BCUT2D eigenvalue weighted by Gasteiger charge is 2.11. The minimum atomic E-state index is 0.582. The molecule has 0 radical (unpaired) electrons. The summed E-state index contributed by atoms with van der Waals surface area (Å²) in [6.45, 7) is 7.44. The summed E-state index contributed by atoms with van der Waals surface area (Å²) in [5.41, 5.74) is 6.78. The first-order valence-electron chi connectivity index (χ1n) is 5.40. The molecule has 0 aromatic carbocycles. The summed E-state index contributed by atoms with van der Waals surface area (Å²) in [6, 6.07) is 0. The van der Waals surface area contributed by atoms with Crippen LogP contribution in [0.5, 0.6) is 0 Å². The van der Waals surface area contributed by atoms with Crippen LogP contribution in [0, 0.1) is 5.92 Å². The van der Waals surface area contributed by atoms with Crippen LogP contribution in [-0.2, 0) is 13.0 Å². The van der Waals surface area contributed by atoms with Gasteiger partial charge >= 0.3 is 0 Å². The van der Waals surface area contributed by atoms with Gasteiger partial charge in [-0.3, -0.25) is 0 Å². The largest absolute Gasteiger partial charge is 0.381 e. The molecular formula is C10H20N4. The van der Waals surface area contributed by atoms with E-state index in [-0.39, 0.29) is 0 Å². The monoisotopic (exact) mass is 196 g/mol. The maximum Gasteiger partial charge on any atom is 0.169 e. The molecule has 14 heavy (non-hydrogen) atoms. The van der Waals surface area contributed by atoms with Crippen molar-refractivity contribution in [1.29, 1.82) is 0 Å². The predicted octanol–water partition coefficient (Wildman–Crippen LogP) is 1.86. The highest BCUT2D eigenvalue weighted by atomic mass is 15.4. The van der Waals surface area contributed by atoms with E-state index >= 15 is 0 Å². The molecule has 0 atom stereocenters. The second-order valence-electron chi connectivity index (χ2n) is 3.64. The van der Waals surface area contributed by atoms with Gasteiger partial charge in [-0.05, 0) is 12.3 Å². The summed E-state index contributed by atoms with van der Waals surface area (Å²) < 4.78 is 1.95. The van der Waals surface area contributed by atoms with Crippen molar-refractivity contribution < 1.29 is 0 Å². The summed E-state index contributed by atoms with van der Waals surface area (Å²) in [6.07, 6.45) is 3.26. The molecule has 1 aromatic heterocycles. The molecule has 1 aromatic rings. The summed E-state index contributed by atoms with van der Waals surface area (Å²) in [5, 5.41) is 7.96. The van der Waals surface area contributed by atoms with Crippen LogP contribution in [0.15, 0.2) is 0 Å². The number of nitrogens with zero attached hydrogens (tertiary/aromatic N) is 3. The van der Waals surface area contributed by atoms with Crippen LogP contribution in [0.3, 0.4) is 0 Å². The van der Waals surface area contributed by atoms with Gasteiger partial charge in [0.25, 0.3) is 0 Å². The maximum atomic E-state index is 5.72. The molecule has 1 heterocycles. The summed E-state index contributed by atoms with van der Waals surface area (Å²) in [7, 11) is 0. The summed E-state index contributed by atoms with van der Waals surface area (Å²) in [4.78, 5) is 0. The minimum Gasteiger partial charge on any atom is -0.381 e. The molecule has 0 unspecified atom stereocenters. The lowest BCUT2D eigenvalue weighted by atomic mass is 10.0. The fourth-order valence-electron chi connectivity index (χ4n) is 1.65.